The topological polar surface area (TPSA) is 68.4 Å². The molecule has 0 bridgehead atoms. The molecule has 2 aromatic heterocycles. The Labute approximate surface area is 193 Å². The zero-order chi connectivity index (χ0) is 22.4. The fourth-order valence-corrected chi connectivity index (χ4v) is 5.20. The number of pyridine rings is 1. The Kier molecular flexibility index (Phi) is 5.10. The van der Waals surface area contributed by atoms with Crippen LogP contribution in [0.5, 0.6) is 17.2 Å². The molecule has 2 atom stereocenters. The predicted octanol–water partition coefficient (Wildman–Crippen LogP) is 4.57. The summed E-state index contributed by atoms with van der Waals surface area (Å²) < 4.78 is 17.8. The summed E-state index contributed by atoms with van der Waals surface area (Å²) in [5.74, 6) is 3.14. The third-order valence-electron chi connectivity index (χ3n) is 6.94. The predicted molar refractivity (Wildman–Crippen MR) is 130 cm³/mol. The van der Waals surface area contributed by atoms with E-state index in [2.05, 4.69) is 33.5 Å². The lowest BCUT2D eigenvalue weighted by Crippen LogP contribution is -2.40. The maximum atomic E-state index is 6.36. The molecule has 0 spiro atoms. The van der Waals surface area contributed by atoms with Crippen LogP contribution >= 0.6 is 0 Å². The van der Waals surface area contributed by atoms with Crippen molar-refractivity contribution < 1.29 is 14.2 Å². The van der Waals surface area contributed by atoms with Crippen molar-refractivity contribution in [1.29, 1.82) is 0 Å². The summed E-state index contributed by atoms with van der Waals surface area (Å²) >= 11 is 0. The largest absolute Gasteiger partial charge is 0.497 e. The van der Waals surface area contributed by atoms with Gasteiger partial charge in [0.25, 0.3) is 0 Å². The quantitative estimate of drug-likeness (QED) is 0.473. The first-order valence-corrected chi connectivity index (χ1v) is 11.8. The van der Waals surface area contributed by atoms with Gasteiger partial charge < -0.3 is 24.5 Å². The molecular weight excluding hydrogens is 414 g/mol. The van der Waals surface area contributed by atoms with Gasteiger partial charge in [0.1, 0.15) is 18.5 Å². The van der Waals surface area contributed by atoms with E-state index >= 15 is 0 Å². The number of methoxy groups -OCH3 is 1. The Morgan fingerprint density at radius 1 is 1.12 bits per heavy atom. The number of ether oxygens (including phenoxy) is 3. The molecule has 170 valence electrons. The number of rotatable bonds is 5. The molecule has 1 aliphatic carbocycles. The Bertz CT molecular complexity index is 1330. The molecule has 4 aromatic rings. The van der Waals surface area contributed by atoms with E-state index in [0.29, 0.717) is 12.5 Å². The van der Waals surface area contributed by atoms with E-state index in [0.717, 1.165) is 59.8 Å². The molecule has 0 fully saturated rings. The lowest BCUT2D eigenvalue weighted by molar-refractivity contribution is 0.0915. The van der Waals surface area contributed by atoms with Crippen LogP contribution in [0.4, 0.5) is 0 Å². The molecule has 6 heteroatoms. The molecule has 6 nitrogen and oxygen atoms in total. The molecule has 0 saturated carbocycles. The monoisotopic (exact) mass is 443 g/mol. The summed E-state index contributed by atoms with van der Waals surface area (Å²) in [6, 6.07) is 14.4. The Morgan fingerprint density at radius 2 is 2.06 bits per heavy atom. The lowest BCUT2D eigenvalue weighted by Gasteiger charge is -2.29. The van der Waals surface area contributed by atoms with Crippen LogP contribution in [-0.4, -0.2) is 42.9 Å². The normalized spacial score (nSPS) is 19.6. The van der Waals surface area contributed by atoms with Crippen LogP contribution in [0, 0.1) is 12.8 Å². The van der Waals surface area contributed by atoms with Gasteiger partial charge in [0, 0.05) is 34.2 Å². The third-order valence-corrected chi connectivity index (χ3v) is 6.94. The summed E-state index contributed by atoms with van der Waals surface area (Å²) in [4.78, 5) is 8.22. The fourth-order valence-electron chi connectivity index (χ4n) is 5.20. The zero-order valence-corrected chi connectivity index (χ0v) is 19.1. The molecule has 6 rings (SSSR count). The molecule has 2 aromatic carbocycles. The van der Waals surface area contributed by atoms with Crippen LogP contribution in [0.3, 0.4) is 0 Å². The van der Waals surface area contributed by atoms with Crippen molar-refractivity contribution in [2.24, 2.45) is 5.92 Å². The molecule has 0 unspecified atom stereocenters. The van der Waals surface area contributed by atoms with Crippen molar-refractivity contribution >= 4 is 21.8 Å². The SMILES string of the molecule is COc1ccc2[nH]c3c(c2c1)C[C@H](CNC[C@H]1COc2ccc4nc(C)ccc4c2O1)CC3. The first-order chi connectivity index (χ1) is 16.2. The van der Waals surface area contributed by atoms with Crippen LogP contribution in [-0.2, 0) is 12.8 Å². The second kappa shape index (κ2) is 8.27. The van der Waals surface area contributed by atoms with Gasteiger partial charge in [0.2, 0.25) is 0 Å². The standard InChI is InChI=1S/C27H29N3O3/c1-16-3-6-20-23(29-16)9-10-26-27(20)33-19(15-32-26)14-28-13-17-4-7-24-21(11-17)22-12-18(31-2)5-8-25(22)30-24/h3,5-6,8-10,12,17,19,28,30H,4,7,11,13-15H2,1-2H3/t17-,19+/m1/s1. The van der Waals surface area contributed by atoms with Crippen LogP contribution in [0.1, 0.15) is 23.4 Å². The fraction of sp³-hybridized carbons (Fsp3) is 0.370. The molecule has 3 heterocycles. The average Bonchev–Trinajstić information content (AvgIpc) is 3.21. The minimum atomic E-state index is -0.0131. The number of aryl methyl sites for hydroxylation is 2. The summed E-state index contributed by atoms with van der Waals surface area (Å²) in [5, 5.41) is 5.96. The van der Waals surface area contributed by atoms with E-state index in [1.165, 1.54) is 28.6 Å². The highest BCUT2D eigenvalue weighted by Gasteiger charge is 2.25. The molecule has 0 amide bonds. The van der Waals surface area contributed by atoms with Crippen molar-refractivity contribution in [3.63, 3.8) is 0 Å². The zero-order valence-electron chi connectivity index (χ0n) is 19.1. The Balaban J connectivity index is 1.10. The van der Waals surface area contributed by atoms with Gasteiger partial charge in [-0.3, -0.25) is 4.98 Å². The van der Waals surface area contributed by atoms with Gasteiger partial charge in [-0.05, 0) is 86.7 Å². The number of hydrogen-bond acceptors (Lipinski definition) is 5. The molecule has 33 heavy (non-hydrogen) atoms. The van der Waals surface area contributed by atoms with Gasteiger partial charge in [0.05, 0.1) is 12.6 Å². The summed E-state index contributed by atoms with van der Waals surface area (Å²) in [6.07, 6.45) is 3.34. The smallest absolute Gasteiger partial charge is 0.171 e. The Hall–Kier alpha value is -3.25. The van der Waals surface area contributed by atoms with Gasteiger partial charge >= 0.3 is 0 Å². The maximum Gasteiger partial charge on any atom is 0.171 e. The maximum absolute atomic E-state index is 6.36. The highest BCUT2D eigenvalue weighted by Crippen LogP contribution is 2.38. The van der Waals surface area contributed by atoms with Gasteiger partial charge in [-0.25, -0.2) is 0 Å². The van der Waals surface area contributed by atoms with Crippen molar-refractivity contribution in [1.82, 2.24) is 15.3 Å². The van der Waals surface area contributed by atoms with Crippen LogP contribution in [0.2, 0.25) is 0 Å². The summed E-state index contributed by atoms with van der Waals surface area (Å²) in [6.45, 7) is 4.30. The minimum Gasteiger partial charge on any atom is -0.497 e. The van der Waals surface area contributed by atoms with Crippen LogP contribution in [0.25, 0.3) is 21.8 Å². The first-order valence-electron chi connectivity index (χ1n) is 11.8. The van der Waals surface area contributed by atoms with E-state index in [9.17, 15) is 0 Å². The third kappa shape index (κ3) is 3.78. The van der Waals surface area contributed by atoms with Gasteiger partial charge in [0.15, 0.2) is 11.5 Å². The first kappa shape index (κ1) is 20.4. The van der Waals surface area contributed by atoms with Crippen molar-refractivity contribution in [3.8, 4) is 17.2 Å². The second-order valence-corrected chi connectivity index (χ2v) is 9.22. The van der Waals surface area contributed by atoms with Crippen molar-refractivity contribution in [3.05, 3.63) is 59.4 Å². The number of benzene rings is 2. The highest BCUT2D eigenvalue weighted by atomic mass is 16.6. The van der Waals surface area contributed by atoms with Crippen LogP contribution in [0.15, 0.2) is 42.5 Å². The van der Waals surface area contributed by atoms with Gasteiger partial charge in [-0.15, -0.1) is 0 Å². The van der Waals surface area contributed by atoms with Gasteiger partial charge in [-0.2, -0.15) is 0 Å². The number of aromatic amines is 1. The Morgan fingerprint density at radius 3 is 2.97 bits per heavy atom. The van der Waals surface area contributed by atoms with Crippen LogP contribution < -0.4 is 19.5 Å². The number of fused-ring (bicyclic) bond motifs is 6. The molecule has 0 saturated heterocycles. The number of aromatic nitrogens is 2. The average molecular weight is 444 g/mol. The molecule has 1 aliphatic heterocycles. The van der Waals surface area contributed by atoms with E-state index in [1.54, 1.807) is 7.11 Å². The van der Waals surface area contributed by atoms with Gasteiger partial charge in [-0.1, -0.05) is 0 Å². The number of nitrogens with zero attached hydrogens (tertiary/aromatic N) is 1. The summed E-state index contributed by atoms with van der Waals surface area (Å²) in [7, 11) is 1.72. The molecule has 2 aliphatic rings. The number of hydrogen-bond donors (Lipinski definition) is 2. The lowest BCUT2D eigenvalue weighted by atomic mass is 9.86. The second-order valence-electron chi connectivity index (χ2n) is 9.22. The van der Waals surface area contributed by atoms with Crippen molar-refractivity contribution in [2.75, 3.05) is 26.8 Å². The van der Waals surface area contributed by atoms with Crippen molar-refractivity contribution in [2.45, 2.75) is 32.3 Å². The molecule has 0 radical (unpaired) electrons. The van der Waals surface area contributed by atoms with E-state index in [4.69, 9.17) is 14.2 Å². The summed E-state index contributed by atoms with van der Waals surface area (Å²) in [5.41, 5.74) is 5.98. The number of nitrogens with one attached hydrogen (secondary N) is 2. The minimum absolute atomic E-state index is 0.0131. The van der Waals surface area contributed by atoms with E-state index in [1.807, 2.05) is 31.2 Å². The van der Waals surface area contributed by atoms with E-state index in [-0.39, 0.29) is 6.10 Å². The highest BCUT2D eigenvalue weighted by molar-refractivity contribution is 5.88. The molecule has 2 N–H and O–H groups in total. The number of H-pyrrole nitrogens is 1. The molecular formula is C27H29N3O3. The van der Waals surface area contributed by atoms with E-state index < -0.39 is 0 Å².